The highest BCUT2D eigenvalue weighted by atomic mass is 19.4. The number of hydrogen-bond donors (Lipinski definition) is 1. The molecule has 2 saturated heterocycles. The number of ether oxygens (including phenoxy) is 1. The first-order valence-electron chi connectivity index (χ1n) is 13.4. The van der Waals surface area contributed by atoms with Crippen molar-refractivity contribution in [3.63, 3.8) is 0 Å². The van der Waals surface area contributed by atoms with Crippen molar-refractivity contribution in [2.45, 2.75) is 75.4 Å². The van der Waals surface area contributed by atoms with E-state index < -0.39 is 41.7 Å². The van der Waals surface area contributed by atoms with Gasteiger partial charge in [-0.25, -0.2) is 0 Å². The highest BCUT2D eigenvalue weighted by Crippen LogP contribution is 2.53. The zero-order valence-electron chi connectivity index (χ0n) is 22.3. The molecule has 4 nitrogen and oxygen atoms in total. The average Bonchev–Trinajstić information content (AvgIpc) is 3.11. The summed E-state index contributed by atoms with van der Waals surface area (Å²) >= 11 is 0. The summed E-state index contributed by atoms with van der Waals surface area (Å²) in [6.07, 6.45) is -8.81. The molecule has 0 spiro atoms. The van der Waals surface area contributed by atoms with Gasteiger partial charge in [0.05, 0.1) is 29.4 Å². The molecule has 218 valence electrons. The Labute approximate surface area is 234 Å². The number of piperidine rings is 1. The average molecular weight is 577 g/mol. The number of fused-ring (bicyclic) bond motifs is 2. The number of halogens is 6. The van der Waals surface area contributed by atoms with Crippen LogP contribution in [0.3, 0.4) is 0 Å². The van der Waals surface area contributed by atoms with Gasteiger partial charge in [-0.3, -0.25) is 9.69 Å². The fourth-order valence-corrected chi connectivity index (χ4v) is 6.50. The van der Waals surface area contributed by atoms with Crippen LogP contribution in [0.5, 0.6) is 0 Å². The quantitative estimate of drug-likeness (QED) is 0.306. The van der Waals surface area contributed by atoms with Crippen LogP contribution in [0.1, 0.15) is 54.0 Å². The first-order chi connectivity index (χ1) is 19.4. The number of rotatable bonds is 7. The Bertz CT molecular complexity index is 1330. The van der Waals surface area contributed by atoms with Crippen molar-refractivity contribution in [1.82, 2.24) is 10.2 Å². The van der Waals surface area contributed by atoms with Crippen molar-refractivity contribution in [1.29, 1.82) is 0 Å². The Kier molecular flexibility index (Phi) is 7.91. The van der Waals surface area contributed by atoms with E-state index in [0.717, 1.165) is 11.1 Å². The largest absolute Gasteiger partial charge is 0.416 e. The third kappa shape index (κ3) is 5.99. The molecule has 2 heterocycles. The first-order valence-corrected chi connectivity index (χ1v) is 13.4. The van der Waals surface area contributed by atoms with Gasteiger partial charge in [-0.15, -0.1) is 0 Å². The van der Waals surface area contributed by atoms with Gasteiger partial charge >= 0.3 is 12.4 Å². The van der Waals surface area contributed by atoms with Crippen LogP contribution in [-0.4, -0.2) is 29.0 Å². The van der Waals surface area contributed by atoms with E-state index in [9.17, 15) is 31.1 Å². The lowest BCUT2D eigenvalue weighted by atomic mass is 9.78. The minimum Gasteiger partial charge on any atom is -0.371 e. The van der Waals surface area contributed by atoms with Crippen molar-refractivity contribution in [2.75, 3.05) is 0 Å². The number of amides is 1. The van der Waals surface area contributed by atoms with E-state index in [1.165, 1.54) is 6.92 Å². The molecular formula is C31H30F6N2O2. The van der Waals surface area contributed by atoms with Crippen molar-refractivity contribution < 1.29 is 35.9 Å². The summed E-state index contributed by atoms with van der Waals surface area (Å²) in [5.74, 6) is -0.175. The van der Waals surface area contributed by atoms with E-state index in [-0.39, 0.29) is 29.6 Å². The lowest BCUT2D eigenvalue weighted by Gasteiger charge is -2.50. The summed E-state index contributed by atoms with van der Waals surface area (Å²) in [6, 6.07) is 20.6. The lowest BCUT2D eigenvalue weighted by molar-refractivity contribution is -0.143. The van der Waals surface area contributed by atoms with Crippen LogP contribution in [0.4, 0.5) is 26.3 Å². The highest BCUT2D eigenvalue weighted by molar-refractivity contribution is 5.73. The Hall–Kier alpha value is -3.37. The Morgan fingerprint density at radius 2 is 1.46 bits per heavy atom. The van der Waals surface area contributed by atoms with E-state index in [1.54, 1.807) is 0 Å². The standard InChI is InChI=1S/C31H30F6N2O2/c1-20(40)38-26-17-29(23-10-6-3-7-11-23)28(13-12-27(26)39(29)18-21-8-4-2-5-9-21)41-19-22-14-24(30(32,33)34)16-25(15-22)31(35,36)37/h2-11,14-16,26-28H,12-13,17-19H2,1H3,(H,38,40)/t26-,27+,28-,29-/m1/s1. The van der Waals surface area contributed by atoms with Crippen LogP contribution < -0.4 is 5.32 Å². The van der Waals surface area contributed by atoms with Gasteiger partial charge in [0.25, 0.3) is 0 Å². The summed E-state index contributed by atoms with van der Waals surface area (Å²) in [5.41, 5.74) is -1.77. The molecule has 4 atom stereocenters. The van der Waals surface area contributed by atoms with Crippen LogP contribution in [-0.2, 0) is 40.6 Å². The summed E-state index contributed by atoms with van der Waals surface area (Å²) in [6.45, 7) is 1.55. The zero-order valence-corrected chi connectivity index (χ0v) is 22.3. The molecule has 2 aliphatic heterocycles. The second-order valence-electron chi connectivity index (χ2n) is 10.8. The van der Waals surface area contributed by atoms with E-state index in [4.69, 9.17) is 4.74 Å². The van der Waals surface area contributed by atoms with Gasteiger partial charge in [0.2, 0.25) is 5.91 Å². The van der Waals surface area contributed by atoms with Crippen LogP contribution in [0.2, 0.25) is 0 Å². The third-order valence-corrected chi connectivity index (χ3v) is 8.12. The summed E-state index contributed by atoms with van der Waals surface area (Å²) in [4.78, 5) is 14.5. The molecule has 0 aromatic heterocycles. The van der Waals surface area contributed by atoms with Gasteiger partial charge in [0.15, 0.2) is 0 Å². The summed E-state index contributed by atoms with van der Waals surface area (Å²) in [5, 5.41) is 3.08. The number of nitrogens with one attached hydrogen (secondary N) is 1. The van der Waals surface area contributed by atoms with Gasteiger partial charge in [-0.2, -0.15) is 26.3 Å². The molecule has 0 aliphatic carbocycles. The van der Waals surface area contributed by atoms with Crippen molar-refractivity contribution in [3.05, 3.63) is 107 Å². The van der Waals surface area contributed by atoms with E-state index in [1.807, 2.05) is 60.7 Å². The van der Waals surface area contributed by atoms with E-state index >= 15 is 0 Å². The molecule has 0 saturated carbocycles. The zero-order chi connectivity index (χ0) is 29.4. The van der Waals surface area contributed by atoms with Crippen molar-refractivity contribution in [2.24, 2.45) is 0 Å². The van der Waals surface area contributed by atoms with E-state index in [0.29, 0.717) is 37.9 Å². The van der Waals surface area contributed by atoms with Crippen LogP contribution in [0, 0.1) is 0 Å². The van der Waals surface area contributed by atoms with Crippen LogP contribution in [0.15, 0.2) is 78.9 Å². The Morgan fingerprint density at radius 1 is 0.878 bits per heavy atom. The van der Waals surface area contributed by atoms with Crippen LogP contribution >= 0.6 is 0 Å². The molecule has 2 bridgehead atoms. The molecule has 3 aromatic carbocycles. The molecule has 2 aliphatic rings. The molecule has 2 fully saturated rings. The monoisotopic (exact) mass is 576 g/mol. The smallest absolute Gasteiger partial charge is 0.371 e. The predicted octanol–water partition coefficient (Wildman–Crippen LogP) is 7.08. The van der Waals surface area contributed by atoms with Gasteiger partial charge in [0.1, 0.15) is 0 Å². The molecule has 1 N–H and O–H groups in total. The fraction of sp³-hybridized carbons (Fsp3) is 0.387. The van der Waals surface area contributed by atoms with Gasteiger partial charge in [-0.05, 0) is 54.2 Å². The van der Waals surface area contributed by atoms with Crippen LogP contribution in [0.25, 0.3) is 0 Å². The number of alkyl halides is 6. The molecule has 3 aromatic rings. The molecule has 41 heavy (non-hydrogen) atoms. The van der Waals surface area contributed by atoms with Gasteiger partial charge in [-0.1, -0.05) is 60.7 Å². The number of hydrogen-bond acceptors (Lipinski definition) is 3. The normalized spacial score (nSPS) is 24.8. The molecule has 1 amide bonds. The predicted molar refractivity (Wildman–Crippen MR) is 140 cm³/mol. The molecule has 5 rings (SSSR count). The molecule has 10 heteroatoms. The second kappa shape index (κ2) is 11.1. The lowest BCUT2D eigenvalue weighted by Crippen LogP contribution is -2.57. The van der Waals surface area contributed by atoms with Gasteiger partial charge in [0, 0.05) is 25.6 Å². The summed E-state index contributed by atoms with van der Waals surface area (Å²) in [7, 11) is 0. The number of nitrogens with zero attached hydrogens (tertiary/aromatic N) is 1. The Morgan fingerprint density at radius 3 is 2.02 bits per heavy atom. The SMILES string of the molecule is CC(=O)N[C@@H]1C[C@@]2(c3ccccc3)[C@H](OCc3cc(C(F)(F)F)cc(C(F)(F)F)c3)CC[C@@H]1N2Cc1ccccc1. The Balaban J connectivity index is 1.54. The maximum atomic E-state index is 13.5. The fourth-order valence-electron chi connectivity index (χ4n) is 6.50. The number of carbonyl (C=O) groups excluding carboxylic acids is 1. The number of carbonyl (C=O) groups is 1. The second-order valence-corrected chi connectivity index (χ2v) is 10.8. The molecular weight excluding hydrogens is 546 g/mol. The van der Waals surface area contributed by atoms with E-state index in [2.05, 4.69) is 10.2 Å². The van der Waals surface area contributed by atoms with Crippen molar-refractivity contribution >= 4 is 5.91 Å². The number of benzene rings is 3. The third-order valence-electron chi connectivity index (χ3n) is 8.12. The molecule has 0 unspecified atom stereocenters. The highest BCUT2D eigenvalue weighted by Gasteiger charge is 2.60. The maximum absolute atomic E-state index is 13.5. The topological polar surface area (TPSA) is 41.6 Å². The summed E-state index contributed by atoms with van der Waals surface area (Å²) < 4.78 is 87.3. The molecule has 0 radical (unpaired) electrons. The van der Waals surface area contributed by atoms with Crippen molar-refractivity contribution in [3.8, 4) is 0 Å². The minimum absolute atomic E-state index is 0.0375. The minimum atomic E-state index is -4.94. The van der Waals surface area contributed by atoms with Gasteiger partial charge < -0.3 is 10.1 Å². The first kappa shape index (κ1) is 29.1. The maximum Gasteiger partial charge on any atom is 0.416 e.